The minimum atomic E-state index is -2.60. The fraction of sp³-hybridized carbons (Fsp3) is 0.900. The first-order chi connectivity index (χ1) is 13.4. The molecule has 170 valence electrons. The van der Waals surface area contributed by atoms with Crippen molar-refractivity contribution in [3.63, 3.8) is 0 Å². The molecule has 1 aliphatic heterocycles. The summed E-state index contributed by atoms with van der Waals surface area (Å²) < 4.78 is 16.1. The van der Waals surface area contributed by atoms with E-state index < -0.39 is 8.80 Å². The maximum absolute atomic E-state index is 12.3. The molecule has 1 rings (SSSR count). The zero-order valence-electron chi connectivity index (χ0n) is 19.5. The molecule has 2 amide bonds. The molecule has 1 fully saturated rings. The Hall–Kier alpha value is -1.00. The molecule has 8 nitrogen and oxygen atoms in total. The molecule has 2 N–H and O–H groups in total. The van der Waals surface area contributed by atoms with E-state index in [0.717, 1.165) is 12.8 Å². The third-order valence-corrected chi connectivity index (χ3v) is 9.00. The SMILES string of the molecule is CO[Si](CCCNC(=O)CCC(=O)NC1CC(C)(C)N(C)C(C)(C)C1)(OC)OC. The third kappa shape index (κ3) is 7.64. The summed E-state index contributed by atoms with van der Waals surface area (Å²) in [5, 5.41) is 5.97. The molecule has 0 atom stereocenters. The zero-order valence-corrected chi connectivity index (χ0v) is 20.5. The van der Waals surface area contributed by atoms with Crippen molar-refractivity contribution in [3.8, 4) is 0 Å². The lowest BCUT2D eigenvalue weighted by molar-refractivity contribution is -0.127. The number of nitrogens with zero attached hydrogens (tertiary/aromatic N) is 1. The summed E-state index contributed by atoms with van der Waals surface area (Å²) in [5.74, 6) is -0.186. The second kappa shape index (κ2) is 10.9. The second-order valence-electron chi connectivity index (χ2n) is 9.11. The van der Waals surface area contributed by atoms with Gasteiger partial charge in [-0.05, 0) is 54.0 Å². The molecular weight excluding hydrogens is 390 g/mol. The predicted octanol–water partition coefficient (Wildman–Crippen LogP) is 1.92. The van der Waals surface area contributed by atoms with Gasteiger partial charge in [0.25, 0.3) is 0 Å². The van der Waals surface area contributed by atoms with Gasteiger partial charge in [0, 0.05) is 63.9 Å². The smallest absolute Gasteiger partial charge is 0.377 e. The average molecular weight is 432 g/mol. The van der Waals surface area contributed by atoms with E-state index in [1.165, 1.54) is 0 Å². The Morgan fingerprint density at radius 2 is 1.45 bits per heavy atom. The largest absolute Gasteiger partial charge is 0.500 e. The molecular formula is C20H41N3O5Si. The standard InChI is InChI=1S/C20H41N3O5Si/c1-19(2)14-16(15-20(3,4)23(19)5)22-18(25)11-10-17(24)21-12-9-13-29(26-6,27-7)28-8/h16H,9-15H2,1-8H3,(H,21,24)(H,22,25). The molecule has 0 aromatic carbocycles. The fourth-order valence-electron chi connectivity index (χ4n) is 4.18. The summed E-state index contributed by atoms with van der Waals surface area (Å²) in [4.78, 5) is 26.8. The molecule has 9 heteroatoms. The van der Waals surface area contributed by atoms with Crippen LogP contribution in [-0.2, 0) is 22.9 Å². The van der Waals surface area contributed by atoms with Gasteiger partial charge in [0.15, 0.2) is 0 Å². The van der Waals surface area contributed by atoms with Crippen LogP contribution in [0.2, 0.25) is 6.04 Å². The van der Waals surface area contributed by atoms with Crippen LogP contribution in [0.3, 0.4) is 0 Å². The lowest BCUT2D eigenvalue weighted by atomic mass is 9.77. The molecule has 1 aliphatic rings. The van der Waals surface area contributed by atoms with Gasteiger partial charge in [-0.25, -0.2) is 0 Å². The van der Waals surface area contributed by atoms with Crippen molar-refractivity contribution < 1.29 is 22.9 Å². The van der Waals surface area contributed by atoms with E-state index in [1.807, 2.05) is 0 Å². The van der Waals surface area contributed by atoms with E-state index in [0.29, 0.717) is 19.0 Å². The predicted molar refractivity (Wildman–Crippen MR) is 116 cm³/mol. The van der Waals surface area contributed by atoms with E-state index >= 15 is 0 Å². The van der Waals surface area contributed by atoms with Crippen molar-refractivity contribution in [2.75, 3.05) is 34.9 Å². The van der Waals surface area contributed by atoms with Gasteiger partial charge in [0.1, 0.15) is 0 Å². The maximum Gasteiger partial charge on any atom is 0.500 e. The molecule has 0 radical (unpaired) electrons. The minimum absolute atomic E-state index is 0.0161. The van der Waals surface area contributed by atoms with E-state index in [1.54, 1.807) is 21.3 Å². The molecule has 0 spiro atoms. The molecule has 0 bridgehead atoms. The van der Waals surface area contributed by atoms with Gasteiger partial charge < -0.3 is 23.9 Å². The summed E-state index contributed by atoms with van der Waals surface area (Å²) in [6.45, 7) is 9.32. The van der Waals surface area contributed by atoms with Gasteiger partial charge in [-0.3, -0.25) is 14.5 Å². The number of hydrogen-bond donors (Lipinski definition) is 2. The monoisotopic (exact) mass is 431 g/mol. The molecule has 1 heterocycles. The van der Waals surface area contributed by atoms with Crippen LogP contribution in [0.5, 0.6) is 0 Å². The number of hydrogen-bond acceptors (Lipinski definition) is 6. The first-order valence-corrected chi connectivity index (χ1v) is 12.3. The van der Waals surface area contributed by atoms with Gasteiger partial charge in [-0.15, -0.1) is 0 Å². The van der Waals surface area contributed by atoms with Crippen molar-refractivity contribution in [2.24, 2.45) is 0 Å². The average Bonchev–Trinajstić information content (AvgIpc) is 2.64. The van der Waals surface area contributed by atoms with Gasteiger partial charge >= 0.3 is 8.80 Å². The van der Waals surface area contributed by atoms with Gasteiger partial charge in [-0.2, -0.15) is 0 Å². The number of amides is 2. The Balaban J connectivity index is 2.33. The number of rotatable bonds is 11. The molecule has 0 saturated carbocycles. The molecule has 1 saturated heterocycles. The Labute approximate surface area is 177 Å². The highest BCUT2D eigenvalue weighted by atomic mass is 28.4. The lowest BCUT2D eigenvalue weighted by Crippen LogP contribution is -2.62. The van der Waals surface area contributed by atoms with Crippen LogP contribution < -0.4 is 10.6 Å². The quantitative estimate of drug-likeness (QED) is 0.384. The van der Waals surface area contributed by atoms with Crippen molar-refractivity contribution in [1.82, 2.24) is 15.5 Å². The summed E-state index contributed by atoms with van der Waals surface area (Å²) in [6.07, 6.45) is 2.88. The lowest BCUT2D eigenvalue weighted by Gasteiger charge is -2.53. The highest BCUT2D eigenvalue weighted by molar-refractivity contribution is 6.60. The number of carbonyl (C=O) groups excluding carboxylic acids is 2. The Morgan fingerprint density at radius 3 is 1.93 bits per heavy atom. The number of piperidine rings is 1. The molecule has 0 aromatic rings. The molecule has 0 unspecified atom stereocenters. The van der Waals surface area contributed by atoms with Crippen LogP contribution in [0.25, 0.3) is 0 Å². The first kappa shape index (κ1) is 26.0. The van der Waals surface area contributed by atoms with Crippen LogP contribution in [0.1, 0.15) is 59.8 Å². The van der Waals surface area contributed by atoms with E-state index in [2.05, 4.69) is 50.3 Å². The van der Waals surface area contributed by atoms with Crippen molar-refractivity contribution in [2.45, 2.75) is 83.0 Å². The van der Waals surface area contributed by atoms with E-state index in [9.17, 15) is 9.59 Å². The van der Waals surface area contributed by atoms with Crippen molar-refractivity contribution in [1.29, 1.82) is 0 Å². The normalized spacial score (nSPS) is 19.7. The highest BCUT2D eigenvalue weighted by Crippen LogP contribution is 2.36. The third-order valence-electron chi connectivity index (χ3n) is 6.17. The highest BCUT2D eigenvalue weighted by Gasteiger charge is 2.43. The molecule has 0 aromatic heterocycles. The summed E-state index contributed by atoms with van der Waals surface area (Å²) in [5.41, 5.74) is 0.0322. The van der Waals surface area contributed by atoms with Gasteiger partial charge in [0.05, 0.1) is 0 Å². The summed E-state index contributed by atoms with van der Waals surface area (Å²) >= 11 is 0. The van der Waals surface area contributed by atoms with E-state index in [4.69, 9.17) is 13.3 Å². The Morgan fingerprint density at radius 1 is 0.966 bits per heavy atom. The van der Waals surface area contributed by atoms with Crippen LogP contribution in [0, 0.1) is 0 Å². The maximum atomic E-state index is 12.3. The first-order valence-electron chi connectivity index (χ1n) is 10.4. The van der Waals surface area contributed by atoms with Crippen LogP contribution in [0.15, 0.2) is 0 Å². The summed E-state index contributed by atoms with van der Waals surface area (Å²) in [6, 6.07) is 0.751. The van der Waals surface area contributed by atoms with Crippen LogP contribution in [0.4, 0.5) is 0 Å². The number of likely N-dealkylation sites (tertiary alicyclic amines) is 1. The Kier molecular flexibility index (Phi) is 9.74. The fourth-order valence-corrected chi connectivity index (χ4v) is 5.90. The van der Waals surface area contributed by atoms with Crippen LogP contribution >= 0.6 is 0 Å². The summed E-state index contributed by atoms with van der Waals surface area (Å²) in [7, 11) is 4.26. The Bertz CT molecular complexity index is 526. The number of carbonyl (C=O) groups is 2. The molecule has 0 aliphatic carbocycles. The molecule has 29 heavy (non-hydrogen) atoms. The van der Waals surface area contributed by atoms with Crippen molar-refractivity contribution in [3.05, 3.63) is 0 Å². The van der Waals surface area contributed by atoms with E-state index in [-0.39, 0.29) is 41.8 Å². The van der Waals surface area contributed by atoms with Gasteiger partial charge in [-0.1, -0.05) is 0 Å². The zero-order chi connectivity index (χ0) is 22.3. The van der Waals surface area contributed by atoms with Crippen molar-refractivity contribution >= 4 is 20.6 Å². The van der Waals surface area contributed by atoms with Crippen LogP contribution in [-0.4, -0.2) is 77.6 Å². The van der Waals surface area contributed by atoms with Gasteiger partial charge in [0.2, 0.25) is 11.8 Å². The second-order valence-corrected chi connectivity index (χ2v) is 12.2. The number of nitrogens with one attached hydrogen (secondary N) is 2. The minimum Gasteiger partial charge on any atom is -0.377 e. The topological polar surface area (TPSA) is 89.1 Å².